The quantitative estimate of drug-likeness (QED) is 0.806. The van der Waals surface area contributed by atoms with E-state index in [1.807, 2.05) is 12.1 Å². The van der Waals surface area contributed by atoms with Crippen LogP contribution >= 0.6 is 11.8 Å². The van der Waals surface area contributed by atoms with E-state index >= 15 is 0 Å². The van der Waals surface area contributed by atoms with Crippen LogP contribution < -0.4 is 10.1 Å². The molecule has 3 nitrogen and oxygen atoms in total. The molecule has 2 rings (SSSR count). The fourth-order valence-corrected chi connectivity index (χ4v) is 2.31. The van der Waals surface area contributed by atoms with Crippen LogP contribution in [0.15, 0.2) is 29.2 Å². The van der Waals surface area contributed by atoms with Gasteiger partial charge >= 0.3 is 0 Å². The van der Waals surface area contributed by atoms with Crippen molar-refractivity contribution in [1.82, 2.24) is 10.2 Å². The largest absolute Gasteiger partial charge is 0.492 e. The minimum Gasteiger partial charge on any atom is -0.492 e. The van der Waals surface area contributed by atoms with Crippen LogP contribution in [0.2, 0.25) is 0 Å². The topological polar surface area (TPSA) is 24.5 Å². The highest BCUT2D eigenvalue weighted by molar-refractivity contribution is 7.98. The van der Waals surface area contributed by atoms with Crippen molar-refractivity contribution in [2.24, 2.45) is 0 Å². The third-order valence-corrected chi connectivity index (χ3v) is 3.69. The molecule has 1 aliphatic rings. The lowest BCUT2D eigenvalue weighted by molar-refractivity contribution is 0.191. The summed E-state index contributed by atoms with van der Waals surface area (Å²) in [6.07, 6.45) is 2.08. The lowest BCUT2D eigenvalue weighted by atomic mass is 10.3. The van der Waals surface area contributed by atoms with E-state index in [4.69, 9.17) is 4.74 Å². The number of hydrogen-bond acceptors (Lipinski definition) is 4. The van der Waals surface area contributed by atoms with Crippen LogP contribution in [-0.4, -0.2) is 50.5 Å². The Hall–Kier alpha value is -0.710. The molecule has 1 aromatic rings. The Kier molecular flexibility index (Phi) is 5.16. The highest BCUT2D eigenvalue weighted by atomic mass is 32.2. The van der Waals surface area contributed by atoms with Gasteiger partial charge in [-0.15, -0.1) is 11.8 Å². The summed E-state index contributed by atoms with van der Waals surface area (Å²) < 4.78 is 5.74. The zero-order valence-corrected chi connectivity index (χ0v) is 11.1. The molecule has 0 aliphatic carbocycles. The molecular formula is C13H20N2OS. The van der Waals surface area contributed by atoms with Crippen molar-refractivity contribution in [3.63, 3.8) is 0 Å². The number of ether oxygens (including phenoxy) is 1. The number of hydrogen-bond donors (Lipinski definition) is 1. The zero-order valence-electron chi connectivity index (χ0n) is 10.3. The van der Waals surface area contributed by atoms with Gasteiger partial charge in [0, 0.05) is 37.6 Å². The molecule has 1 aliphatic heterocycles. The molecule has 1 aromatic carbocycles. The van der Waals surface area contributed by atoms with Crippen LogP contribution in [0.5, 0.6) is 5.75 Å². The van der Waals surface area contributed by atoms with Crippen LogP contribution in [0.25, 0.3) is 0 Å². The van der Waals surface area contributed by atoms with Gasteiger partial charge in [-0.2, -0.15) is 0 Å². The van der Waals surface area contributed by atoms with E-state index in [-0.39, 0.29) is 0 Å². The van der Waals surface area contributed by atoms with E-state index in [1.165, 1.54) is 4.90 Å². The number of benzene rings is 1. The predicted molar refractivity (Wildman–Crippen MR) is 73.0 cm³/mol. The summed E-state index contributed by atoms with van der Waals surface area (Å²) >= 11 is 1.75. The van der Waals surface area contributed by atoms with Gasteiger partial charge in [0.2, 0.25) is 0 Å². The third-order valence-electron chi connectivity index (χ3n) is 2.95. The Labute approximate surface area is 108 Å². The van der Waals surface area contributed by atoms with Gasteiger partial charge in [0.1, 0.15) is 12.4 Å². The number of nitrogens with one attached hydrogen (secondary N) is 1. The fourth-order valence-electron chi connectivity index (χ4n) is 1.90. The molecule has 4 heteroatoms. The number of rotatable bonds is 5. The van der Waals surface area contributed by atoms with Crippen molar-refractivity contribution in [1.29, 1.82) is 0 Å². The second-order valence-electron chi connectivity index (χ2n) is 4.12. The molecule has 0 spiro atoms. The number of piperazine rings is 1. The Balaban J connectivity index is 1.69. The third kappa shape index (κ3) is 4.22. The predicted octanol–water partition coefficient (Wildman–Crippen LogP) is 1.69. The normalized spacial score (nSPS) is 17.0. The van der Waals surface area contributed by atoms with Gasteiger partial charge in [0.25, 0.3) is 0 Å². The van der Waals surface area contributed by atoms with E-state index < -0.39 is 0 Å². The van der Waals surface area contributed by atoms with Crippen LogP contribution in [0, 0.1) is 0 Å². The lowest BCUT2D eigenvalue weighted by Crippen LogP contribution is -2.44. The highest BCUT2D eigenvalue weighted by Gasteiger charge is 2.08. The first-order chi connectivity index (χ1) is 8.38. The number of thioether (sulfide) groups is 1. The van der Waals surface area contributed by atoms with Crippen LogP contribution in [-0.2, 0) is 0 Å². The second-order valence-corrected chi connectivity index (χ2v) is 5.00. The Morgan fingerprint density at radius 2 is 1.94 bits per heavy atom. The maximum Gasteiger partial charge on any atom is 0.119 e. The average Bonchev–Trinajstić information content (AvgIpc) is 2.41. The smallest absolute Gasteiger partial charge is 0.119 e. The van der Waals surface area contributed by atoms with Crippen molar-refractivity contribution >= 4 is 11.8 Å². The Morgan fingerprint density at radius 3 is 2.59 bits per heavy atom. The SMILES string of the molecule is CSc1ccc(OCCN2CCNCC2)cc1. The Morgan fingerprint density at radius 1 is 1.24 bits per heavy atom. The van der Waals surface area contributed by atoms with Crippen molar-refractivity contribution in [3.8, 4) is 5.75 Å². The number of nitrogens with zero attached hydrogens (tertiary/aromatic N) is 1. The molecule has 0 aromatic heterocycles. The van der Waals surface area contributed by atoms with E-state index in [2.05, 4.69) is 28.6 Å². The van der Waals surface area contributed by atoms with Crippen molar-refractivity contribution in [3.05, 3.63) is 24.3 Å². The average molecular weight is 252 g/mol. The molecule has 0 unspecified atom stereocenters. The minimum atomic E-state index is 0.776. The van der Waals surface area contributed by atoms with Gasteiger partial charge in [-0.3, -0.25) is 4.90 Å². The highest BCUT2D eigenvalue weighted by Crippen LogP contribution is 2.18. The summed E-state index contributed by atoms with van der Waals surface area (Å²) in [6, 6.07) is 8.29. The monoisotopic (exact) mass is 252 g/mol. The van der Waals surface area contributed by atoms with Gasteiger partial charge in [-0.25, -0.2) is 0 Å². The van der Waals surface area contributed by atoms with Crippen molar-refractivity contribution < 1.29 is 4.74 Å². The summed E-state index contributed by atoms with van der Waals surface area (Å²) in [5, 5.41) is 3.35. The summed E-state index contributed by atoms with van der Waals surface area (Å²) in [5.41, 5.74) is 0. The zero-order chi connectivity index (χ0) is 11.9. The molecule has 1 heterocycles. The van der Waals surface area contributed by atoms with Gasteiger partial charge in [0.15, 0.2) is 0 Å². The first-order valence-electron chi connectivity index (χ1n) is 6.08. The second kappa shape index (κ2) is 6.89. The molecule has 0 radical (unpaired) electrons. The van der Waals surface area contributed by atoms with Gasteiger partial charge in [-0.1, -0.05) is 0 Å². The van der Waals surface area contributed by atoms with Crippen molar-refractivity contribution in [2.45, 2.75) is 4.90 Å². The molecular weight excluding hydrogens is 232 g/mol. The van der Waals surface area contributed by atoms with E-state index in [1.54, 1.807) is 11.8 Å². The molecule has 1 N–H and O–H groups in total. The molecule has 0 atom stereocenters. The van der Waals surface area contributed by atoms with E-state index in [0.717, 1.165) is 45.1 Å². The first kappa shape index (κ1) is 12.7. The van der Waals surface area contributed by atoms with Crippen LogP contribution in [0.4, 0.5) is 0 Å². The lowest BCUT2D eigenvalue weighted by Gasteiger charge is -2.26. The molecule has 94 valence electrons. The van der Waals surface area contributed by atoms with Gasteiger partial charge in [-0.05, 0) is 30.5 Å². The summed E-state index contributed by atoms with van der Waals surface area (Å²) in [4.78, 5) is 3.71. The van der Waals surface area contributed by atoms with Crippen LogP contribution in [0.3, 0.4) is 0 Å². The molecule has 0 amide bonds. The molecule has 17 heavy (non-hydrogen) atoms. The Bertz CT molecular complexity index is 323. The molecule has 1 fully saturated rings. The maximum atomic E-state index is 5.74. The molecule has 0 saturated carbocycles. The molecule has 0 bridgehead atoms. The van der Waals surface area contributed by atoms with Crippen LogP contribution in [0.1, 0.15) is 0 Å². The summed E-state index contributed by atoms with van der Waals surface area (Å²) in [5.74, 6) is 0.970. The summed E-state index contributed by atoms with van der Waals surface area (Å²) in [7, 11) is 0. The minimum absolute atomic E-state index is 0.776. The summed E-state index contributed by atoms with van der Waals surface area (Å²) in [6.45, 7) is 6.26. The molecule has 1 saturated heterocycles. The first-order valence-corrected chi connectivity index (χ1v) is 7.31. The van der Waals surface area contributed by atoms with Crippen molar-refractivity contribution in [2.75, 3.05) is 45.6 Å². The van der Waals surface area contributed by atoms with E-state index in [0.29, 0.717) is 0 Å². The maximum absolute atomic E-state index is 5.74. The van der Waals surface area contributed by atoms with E-state index in [9.17, 15) is 0 Å². The van der Waals surface area contributed by atoms with Gasteiger partial charge < -0.3 is 10.1 Å². The van der Waals surface area contributed by atoms with Gasteiger partial charge in [0.05, 0.1) is 0 Å². The standard InChI is InChI=1S/C13H20N2OS/c1-17-13-4-2-12(3-5-13)16-11-10-15-8-6-14-7-9-15/h2-5,14H,6-11H2,1H3. The fraction of sp³-hybridized carbons (Fsp3) is 0.538.